The molecule has 0 radical (unpaired) electrons. The SMILES string of the molecule is C=C(C)C#C[C@H]1CCCC[C@@H]1OC(C)=O. The molecule has 0 aromatic heterocycles. The van der Waals surface area contributed by atoms with Crippen LogP contribution >= 0.6 is 0 Å². The highest BCUT2D eigenvalue weighted by Gasteiger charge is 2.25. The van der Waals surface area contributed by atoms with E-state index in [9.17, 15) is 4.79 Å². The molecule has 0 aromatic rings. The van der Waals surface area contributed by atoms with Gasteiger partial charge in [-0.3, -0.25) is 4.79 Å². The van der Waals surface area contributed by atoms with Gasteiger partial charge < -0.3 is 4.74 Å². The number of ether oxygens (including phenoxy) is 1. The first kappa shape index (κ1) is 11.8. The van der Waals surface area contributed by atoms with E-state index >= 15 is 0 Å². The summed E-state index contributed by atoms with van der Waals surface area (Å²) in [5.74, 6) is 6.12. The monoisotopic (exact) mass is 206 g/mol. The number of carbonyl (C=O) groups is 1. The fourth-order valence-electron chi connectivity index (χ4n) is 1.83. The van der Waals surface area contributed by atoms with Gasteiger partial charge in [0.2, 0.25) is 0 Å². The van der Waals surface area contributed by atoms with Gasteiger partial charge in [0.25, 0.3) is 0 Å². The molecule has 0 unspecified atom stereocenters. The van der Waals surface area contributed by atoms with E-state index in [1.807, 2.05) is 6.92 Å². The zero-order valence-corrected chi connectivity index (χ0v) is 9.51. The molecule has 2 nitrogen and oxygen atoms in total. The maximum atomic E-state index is 10.9. The molecule has 1 fully saturated rings. The summed E-state index contributed by atoms with van der Waals surface area (Å²) in [4.78, 5) is 10.9. The Bertz CT molecular complexity index is 306. The van der Waals surface area contributed by atoms with Gasteiger partial charge in [-0.1, -0.05) is 24.8 Å². The Morgan fingerprint density at radius 2 is 2.00 bits per heavy atom. The van der Waals surface area contributed by atoms with Crippen LogP contribution in [0.1, 0.15) is 39.5 Å². The van der Waals surface area contributed by atoms with Crippen molar-refractivity contribution in [1.29, 1.82) is 0 Å². The second kappa shape index (κ2) is 5.60. The smallest absolute Gasteiger partial charge is 0.302 e. The van der Waals surface area contributed by atoms with Gasteiger partial charge in [0.05, 0.1) is 5.92 Å². The molecular formula is C13H18O2. The Labute approximate surface area is 91.7 Å². The molecule has 1 aliphatic carbocycles. The van der Waals surface area contributed by atoms with Crippen LogP contribution in [0.4, 0.5) is 0 Å². The molecule has 1 rings (SSSR count). The first-order valence-electron chi connectivity index (χ1n) is 5.44. The maximum Gasteiger partial charge on any atom is 0.302 e. The van der Waals surface area contributed by atoms with Crippen LogP contribution in [0, 0.1) is 17.8 Å². The van der Waals surface area contributed by atoms with Crippen LogP contribution in [0.25, 0.3) is 0 Å². The normalized spacial score (nSPS) is 24.9. The molecule has 1 aliphatic rings. The molecule has 0 aromatic carbocycles. The van der Waals surface area contributed by atoms with E-state index in [4.69, 9.17) is 4.74 Å². The third-order valence-corrected chi connectivity index (χ3v) is 2.49. The maximum absolute atomic E-state index is 10.9. The Hall–Kier alpha value is -1.23. The molecule has 0 heterocycles. The zero-order valence-electron chi connectivity index (χ0n) is 9.51. The molecule has 0 saturated heterocycles. The van der Waals surface area contributed by atoms with Crippen LogP contribution < -0.4 is 0 Å². The molecule has 0 spiro atoms. The first-order valence-corrected chi connectivity index (χ1v) is 5.44. The highest BCUT2D eigenvalue weighted by molar-refractivity contribution is 5.66. The van der Waals surface area contributed by atoms with E-state index in [2.05, 4.69) is 18.4 Å². The topological polar surface area (TPSA) is 26.3 Å². The minimum Gasteiger partial charge on any atom is -0.461 e. The predicted molar refractivity (Wildman–Crippen MR) is 60.1 cm³/mol. The van der Waals surface area contributed by atoms with Crippen molar-refractivity contribution in [3.05, 3.63) is 12.2 Å². The lowest BCUT2D eigenvalue weighted by molar-refractivity contribution is -0.149. The highest BCUT2D eigenvalue weighted by Crippen LogP contribution is 2.26. The lowest BCUT2D eigenvalue weighted by Gasteiger charge is -2.27. The van der Waals surface area contributed by atoms with E-state index in [0.29, 0.717) is 0 Å². The summed E-state index contributed by atoms with van der Waals surface area (Å²) in [5.41, 5.74) is 0.863. The molecule has 0 bridgehead atoms. The van der Waals surface area contributed by atoms with Crippen LogP contribution in [0.5, 0.6) is 0 Å². The predicted octanol–water partition coefficient (Wildman–Crippen LogP) is 2.69. The lowest BCUT2D eigenvalue weighted by Crippen LogP contribution is -2.28. The van der Waals surface area contributed by atoms with Crippen molar-refractivity contribution >= 4 is 5.97 Å². The zero-order chi connectivity index (χ0) is 11.3. The molecule has 2 atom stereocenters. The van der Waals surface area contributed by atoms with E-state index in [1.54, 1.807) is 0 Å². The summed E-state index contributed by atoms with van der Waals surface area (Å²) in [6.45, 7) is 7.09. The minimum atomic E-state index is -0.205. The summed E-state index contributed by atoms with van der Waals surface area (Å²) >= 11 is 0. The number of rotatable bonds is 1. The van der Waals surface area contributed by atoms with Gasteiger partial charge in [-0.15, -0.1) is 0 Å². The van der Waals surface area contributed by atoms with Crippen LogP contribution in [0.15, 0.2) is 12.2 Å². The average Bonchev–Trinajstić information content (AvgIpc) is 2.15. The Morgan fingerprint density at radius 3 is 2.60 bits per heavy atom. The van der Waals surface area contributed by atoms with Crippen molar-refractivity contribution in [3.8, 4) is 11.8 Å². The van der Waals surface area contributed by atoms with E-state index < -0.39 is 0 Å². The summed E-state index contributed by atoms with van der Waals surface area (Å²) < 4.78 is 5.26. The number of carbonyl (C=O) groups excluding carboxylic acids is 1. The lowest BCUT2D eigenvalue weighted by atomic mass is 9.86. The second-order valence-electron chi connectivity index (χ2n) is 4.09. The second-order valence-corrected chi connectivity index (χ2v) is 4.09. The van der Waals surface area contributed by atoms with Crippen LogP contribution in [0.3, 0.4) is 0 Å². The molecule has 0 N–H and O–H groups in total. The summed E-state index contributed by atoms with van der Waals surface area (Å²) in [5, 5.41) is 0. The number of allylic oxidation sites excluding steroid dienone is 1. The fourth-order valence-corrected chi connectivity index (χ4v) is 1.83. The van der Waals surface area contributed by atoms with Gasteiger partial charge in [-0.05, 0) is 31.8 Å². The third-order valence-electron chi connectivity index (χ3n) is 2.49. The van der Waals surface area contributed by atoms with E-state index in [1.165, 1.54) is 13.3 Å². The molecule has 1 saturated carbocycles. The van der Waals surface area contributed by atoms with Crippen molar-refractivity contribution in [3.63, 3.8) is 0 Å². The quantitative estimate of drug-likeness (QED) is 0.487. The number of hydrogen-bond donors (Lipinski definition) is 0. The van der Waals surface area contributed by atoms with Crippen molar-refractivity contribution < 1.29 is 9.53 Å². The number of hydrogen-bond acceptors (Lipinski definition) is 2. The van der Waals surface area contributed by atoms with Crippen LogP contribution in [0.2, 0.25) is 0 Å². The summed E-state index contributed by atoms with van der Waals surface area (Å²) in [7, 11) is 0. The molecule has 0 amide bonds. The van der Waals surface area contributed by atoms with Crippen molar-refractivity contribution in [1.82, 2.24) is 0 Å². The van der Waals surface area contributed by atoms with Crippen molar-refractivity contribution in [2.24, 2.45) is 5.92 Å². The molecule has 82 valence electrons. The first-order chi connectivity index (χ1) is 7.09. The third kappa shape index (κ3) is 4.20. The minimum absolute atomic E-state index is 0.0110. The number of esters is 1. The average molecular weight is 206 g/mol. The van der Waals surface area contributed by atoms with Crippen molar-refractivity contribution in [2.45, 2.75) is 45.6 Å². The Morgan fingerprint density at radius 1 is 1.33 bits per heavy atom. The van der Waals surface area contributed by atoms with Gasteiger partial charge in [-0.2, -0.15) is 0 Å². The van der Waals surface area contributed by atoms with E-state index in [0.717, 1.165) is 24.8 Å². The van der Waals surface area contributed by atoms with Gasteiger partial charge in [-0.25, -0.2) is 0 Å². The van der Waals surface area contributed by atoms with Crippen LogP contribution in [-0.4, -0.2) is 12.1 Å². The van der Waals surface area contributed by atoms with Gasteiger partial charge in [0.1, 0.15) is 6.10 Å². The van der Waals surface area contributed by atoms with Gasteiger partial charge >= 0.3 is 5.97 Å². The largest absolute Gasteiger partial charge is 0.461 e. The Kier molecular flexibility index (Phi) is 4.42. The van der Waals surface area contributed by atoms with Crippen LogP contribution in [-0.2, 0) is 9.53 Å². The van der Waals surface area contributed by atoms with Crippen molar-refractivity contribution in [2.75, 3.05) is 0 Å². The molecule has 15 heavy (non-hydrogen) atoms. The summed E-state index contributed by atoms with van der Waals surface area (Å²) in [6.07, 6.45) is 4.26. The molecule has 2 heteroatoms. The fraction of sp³-hybridized carbons (Fsp3) is 0.615. The molecule has 0 aliphatic heterocycles. The molecular weight excluding hydrogens is 188 g/mol. The summed E-state index contributed by atoms with van der Waals surface area (Å²) in [6, 6.07) is 0. The highest BCUT2D eigenvalue weighted by atomic mass is 16.5. The van der Waals surface area contributed by atoms with Gasteiger partial charge in [0.15, 0.2) is 0 Å². The Balaban J connectivity index is 2.62. The van der Waals surface area contributed by atoms with Gasteiger partial charge in [0, 0.05) is 6.92 Å². The standard InChI is InChI=1S/C13H18O2/c1-10(2)8-9-12-6-4-5-7-13(12)15-11(3)14/h12-13H,1,4-7H2,2-3H3/t12-,13+/m1/s1. The van der Waals surface area contributed by atoms with E-state index in [-0.39, 0.29) is 18.0 Å².